The van der Waals surface area contributed by atoms with E-state index in [9.17, 15) is 13.2 Å². The summed E-state index contributed by atoms with van der Waals surface area (Å²) in [5.41, 5.74) is 3.11. The standard InChI is InChI=1S/C24H19ClN4O4S/c1-16-6-10-18(24-28-26-15-33-24)14-22(16)27-23(30)13-9-17-7-11-19(12-8-17)34(31,32)29-21-5-3-2-4-20(21)25/h2-15,29H,1H3,(H,27,30)/b13-9+. The number of rotatable bonds is 7. The average Bonchev–Trinajstić information content (AvgIpc) is 3.36. The van der Waals surface area contributed by atoms with E-state index in [0.29, 0.717) is 33.4 Å². The van der Waals surface area contributed by atoms with E-state index in [0.717, 1.165) is 5.56 Å². The Hall–Kier alpha value is -3.95. The van der Waals surface area contributed by atoms with E-state index in [-0.39, 0.29) is 10.8 Å². The van der Waals surface area contributed by atoms with Crippen LogP contribution in [0.2, 0.25) is 5.02 Å². The number of nitrogens with one attached hydrogen (secondary N) is 2. The number of sulfonamides is 1. The highest BCUT2D eigenvalue weighted by Crippen LogP contribution is 2.25. The first-order valence-electron chi connectivity index (χ1n) is 10.1. The fourth-order valence-electron chi connectivity index (χ4n) is 3.04. The third-order valence-corrected chi connectivity index (χ3v) is 6.55. The molecule has 4 aromatic rings. The Morgan fingerprint density at radius 2 is 1.79 bits per heavy atom. The van der Waals surface area contributed by atoms with Crippen LogP contribution in [0.15, 0.2) is 88.5 Å². The molecule has 0 aliphatic heterocycles. The number of hydrogen-bond acceptors (Lipinski definition) is 6. The molecule has 34 heavy (non-hydrogen) atoms. The van der Waals surface area contributed by atoms with Crippen LogP contribution in [0.25, 0.3) is 17.5 Å². The van der Waals surface area contributed by atoms with Gasteiger partial charge in [-0.1, -0.05) is 41.9 Å². The van der Waals surface area contributed by atoms with Crippen LogP contribution in [-0.4, -0.2) is 24.5 Å². The van der Waals surface area contributed by atoms with Crippen LogP contribution >= 0.6 is 11.6 Å². The number of aromatic nitrogens is 2. The maximum Gasteiger partial charge on any atom is 0.261 e. The van der Waals surface area contributed by atoms with E-state index in [4.69, 9.17) is 16.0 Å². The normalized spacial score (nSPS) is 11.5. The van der Waals surface area contributed by atoms with Crippen LogP contribution in [0.1, 0.15) is 11.1 Å². The Balaban J connectivity index is 1.43. The van der Waals surface area contributed by atoms with Crippen molar-refractivity contribution < 1.29 is 17.6 Å². The number of para-hydroxylation sites is 1. The molecule has 0 spiro atoms. The fourth-order valence-corrected chi connectivity index (χ4v) is 4.36. The molecule has 172 valence electrons. The fraction of sp³-hybridized carbons (Fsp3) is 0.0417. The number of carbonyl (C=O) groups is 1. The predicted octanol–water partition coefficient (Wildman–Crippen LogP) is 5.15. The van der Waals surface area contributed by atoms with Crippen molar-refractivity contribution in [3.8, 4) is 11.5 Å². The Morgan fingerprint density at radius 3 is 2.50 bits per heavy atom. The zero-order valence-corrected chi connectivity index (χ0v) is 19.5. The molecule has 4 rings (SSSR count). The minimum absolute atomic E-state index is 0.0717. The number of halogens is 1. The van der Waals surface area contributed by atoms with Gasteiger partial charge in [0.15, 0.2) is 0 Å². The summed E-state index contributed by atoms with van der Waals surface area (Å²) < 4.78 is 32.9. The largest absolute Gasteiger partial charge is 0.423 e. The number of benzene rings is 3. The van der Waals surface area contributed by atoms with Crippen LogP contribution in [0, 0.1) is 6.92 Å². The van der Waals surface area contributed by atoms with Gasteiger partial charge in [0.05, 0.1) is 15.6 Å². The molecular weight excluding hydrogens is 476 g/mol. The number of hydrogen-bond donors (Lipinski definition) is 2. The number of carbonyl (C=O) groups excluding carboxylic acids is 1. The molecule has 0 saturated heterocycles. The third-order valence-electron chi connectivity index (χ3n) is 4.84. The van der Waals surface area contributed by atoms with Crippen LogP contribution in [0.5, 0.6) is 0 Å². The monoisotopic (exact) mass is 494 g/mol. The Labute approximate surface area is 201 Å². The van der Waals surface area contributed by atoms with Gasteiger partial charge in [-0.15, -0.1) is 10.2 Å². The molecule has 0 aliphatic rings. The lowest BCUT2D eigenvalue weighted by molar-refractivity contribution is -0.111. The molecule has 0 radical (unpaired) electrons. The highest BCUT2D eigenvalue weighted by Gasteiger charge is 2.15. The van der Waals surface area contributed by atoms with Crippen molar-refractivity contribution in [2.24, 2.45) is 0 Å². The van der Waals surface area contributed by atoms with Crippen molar-refractivity contribution in [1.82, 2.24) is 10.2 Å². The lowest BCUT2D eigenvalue weighted by Gasteiger charge is -2.09. The van der Waals surface area contributed by atoms with Gasteiger partial charge in [-0.25, -0.2) is 8.42 Å². The van der Waals surface area contributed by atoms with Gasteiger partial charge in [-0.05, 0) is 60.5 Å². The van der Waals surface area contributed by atoms with Gasteiger partial charge >= 0.3 is 0 Å². The maximum atomic E-state index is 12.6. The van der Waals surface area contributed by atoms with Gasteiger partial charge in [-0.3, -0.25) is 9.52 Å². The van der Waals surface area contributed by atoms with Crippen molar-refractivity contribution in [2.75, 3.05) is 10.0 Å². The number of nitrogens with zero attached hydrogens (tertiary/aromatic N) is 2. The summed E-state index contributed by atoms with van der Waals surface area (Å²) in [5, 5.41) is 10.6. The summed E-state index contributed by atoms with van der Waals surface area (Å²) in [4.78, 5) is 12.5. The van der Waals surface area contributed by atoms with E-state index >= 15 is 0 Å². The summed E-state index contributed by atoms with van der Waals surface area (Å²) in [6, 6.07) is 18.1. The molecule has 3 aromatic carbocycles. The summed E-state index contributed by atoms with van der Waals surface area (Å²) in [5.74, 6) is 0.00738. The second-order valence-electron chi connectivity index (χ2n) is 7.25. The summed E-state index contributed by atoms with van der Waals surface area (Å²) in [7, 11) is -3.81. The molecule has 1 heterocycles. The Kier molecular flexibility index (Phi) is 6.76. The smallest absolute Gasteiger partial charge is 0.261 e. The average molecular weight is 495 g/mol. The van der Waals surface area contributed by atoms with Gasteiger partial charge in [0, 0.05) is 17.3 Å². The third kappa shape index (κ3) is 5.51. The molecule has 0 bridgehead atoms. The first-order valence-corrected chi connectivity index (χ1v) is 11.9. The molecule has 10 heteroatoms. The van der Waals surface area contributed by atoms with Crippen LogP contribution in [0.4, 0.5) is 11.4 Å². The molecule has 1 amide bonds. The topological polar surface area (TPSA) is 114 Å². The molecule has 0 unspecified atom stereocenters. The van der Waals surface area contributed by atoms with Gasteiger partial charge in [0.2, 0.25) is 18.2 Å². The van der Waals surface area contributed by atoms with E-state index in [1.54, 1.807) is 48.5 Å². The van der Waals surface area contributed by atoms with Crippen molar-refractivity contribution in [1.29, 1.82) is 0 Å². The summed E-state index contributed by atoms with van der Waals surface area (Å²) in [6.45, 7) is 1.87. The van der Waals surface area contributed by atoms with Gasteiger partial charge in [-0.2, -0.15) is 0 Å². The first-order chi connectivity index (χ1) is 16.3. The quantitative estimate of drug-likeness (QED) is 0.343. The first kappa shape index (κ1) is 23.2. The minimum Gasteiger partial charge on any atom is -0.423 e. The van der Waals surface area contributed by atoms with Crippen molar-refractivity contribution >= 4 is 45.0 Å². The number of aryl methyl sites for hydroxylation is 1. The number of amides is 1. The van der Waals surface area contributed by atoms with Crippen LogP contribution < -0.4 is 10.0 Å². The molecule has 0 fully saturated rings. The van der Waals surface area contributed by atoms with Crippen LogP contribution in [-0.2, 0) is 14.8 Å². The molecule has 8 nitrogen and oxygen atoms in total. The van der Waals surface area contributed by atoms with Gasteiger partial charge in [0.25, 0.3) is 10.0 Å². The zero-order valence-electron chi connectivity index (χ0n) is 17.9. The van der Waals surface area contributed by atoms with E-state index in [1.165, 1.54) is 24.6 Å². The highest BCUT2D eigenvalue weighted by molar-refractivity contribution is 7.92. The molecule has 0 aliphatic carbocycles. The number of anilines is 2. The second kappa shape index (κ2) is 9.90. The van der Waals surface area contributed by atoms with E-state index in [1.807, 2.05) is 19.1 Å². The summed E-state index contributed by atoms with van der Waals surface area (Å²) in [6.07, 6.45) is 4.19. The molecule has 0 atom stereocenters. The lowest BCUT2D eigenvalue weighted by atomic mass is 10.1. The molecule has 2 N–H and O–H groups in total. The molecule has 0 saturated carbocycles. The van der Waals surface area contributed by atoms with Gasteiger partial charge < -0.3 is 9.73 Å². The predicted molar refractivity (Wildman–Crippen MR) is 131 cm³/mol. The van der Waals surface area contributed by atoms with E-state index in [2.05, 4.69) is 20.2 Å². The highest BCUT2D eigenvalue weighted by atomic mass is 35.5. The van der Waals surface area contributed by atoms with Crippen molar-refractivity contribution in [3.63, 3.8) is 0 Å². The van der Waals surface area contributed by atoms with Crippen molar-refractivity contribution in [2.45, 2.75) is 11.8 Å². The minimum atomic E-state index is -3.81. The Morgan fingerprint density at radius 1 is 1.03 bits per heavy atom. The SMILES string of the molecule is Cc1ccc(-c2nnco2)cc1NC(=O)/C=C/c1ccc(S(=O)(=O)Nc2ccccc2Cl)cc1. The van der Waals surface area contributed by atoms with Crippen molar-refractivity contribution in [3.05, 3.63) is 95.3 Å². The zero-order chi connectivity index (χ0) is 24.1. The molecular formula is C24H19ClN4O4S. The lowest BCUT2D eigenvalue weighted by Crippen LogP contribution is -2.13. The van der Waals surface area contributed by atoms with Gasteiger partial charge in [0.1, 0.15) is 0 Å². The maximum absolute atomic E-state index is 12.6. The second-order valence-corrected chi connectivity index (χ2v) is 9.34. The van der Waals surface area contributed by atoms with E-state index < -0.39 is 10.0 Å². The van der Waals surface area contributed by atoms with Crippen LogP contribution in [0.3, 0.4) is 0 Å². The Bertz CT molecular complexity index is 1450. The summed E-state index contributed by atoms with van der Waals surface area (Å²) >= 11 is 6.03. The molecule has 1 aromatic heterocycles.